The van der Waals surface area contributed by atoms with E-state index in [2.05, 4.69) is 17.3 Å². The molecule has 0 aromatic rings. The Hall–Kier alpha value is -0.610. The van der Waals surface area contributed by atoms with Gasteiger partial charge in [0.1, 0.15) is 0 Å². The van der Waals surface area contributed by atoms with Crippen LogP contribution >= 0.6 is 0 Å². The molecule has 2 N–H and O–H groups in total. The maximum atomic E-state index is 10.6. The average Bonchev–Trinajstić information content (AvgIpc) is 2.80. The Kier molecular flexibility index (Phi) is 2.74. The molecule has 0 radical (unpaired) electrons. The molecule has 0 bridgehead atoms. The van der Waals surface area contributed by atoms with Gasteiger partial charge in [0.25, 0.3) is 0 Å². The maximum Gasteiger partial charge on any atom is 0.306 e. The first-order valence-electron chi connectivity index (χ1n) is 5.31. The normalized spacial score (nSPS) is 37.4. The van der Waals surface area contributed by atoms with Gasteiger partial charge >= 0.3 is 5.97 Å². The molecule has 2 aliphatic rings. The highest BCUT2D eigenvalue weighted by Gasteiger charge is 2.42. The van der Waals surface area contributed by atoms with Crippen LogP contribution in [0.4, 0.5) is 0 Å². The Balaban J connectivity index is 1.62. The fourth-order valence-corrected chi connectivity index (χ4v) is 2.20. The minimum absolute atomic E-state index is 0.0679. The molecule has 4 nitrogen and oxygen atoms in total. The molecule has 1 heterocycles. The quantitative estimate of drug-likeness (QED) is 0.667. The number of carboxylic acid groups (broad SMARTS) is 1. The third kappa shape index (κ3) is 2.25. The highest BCUT2D eigenvalue weighted by Crippen LogP contribution is 2.37. The number of likely N-dealkylation sites (tertiary alicyclic amines) is 1. The van der Waals surface area contributed by atoms with Gasteiger partial charge in [0.05, 0.1) is 5.92 Å². The van der Waals surface area contributed by atoms with Gasteiger partial charge in [-0.15, -0.1) is 0 Å². The summed E-state index contributed by atoms with van der Waals surface area (Å²) in [6, 6.07) is 0.579. The summed E-state index contributed by atoms with van der Waals surface area (Å²) in [7, 11) is 2.12. The Morgan fingerprint density at radius 3 is 2.93 bits per heavy atom. The Labute approximate surface area is 84.3 Å². The standard InChI is InChI=1S/C10H18N2O2/c1-12-3-2-8(6-12)11-5-7-4-9(7)10(13)14/h7-9,11H,2-6H2,1H3,(H,13,14). The van der Waals surface area contributed by atoms with Crippen LogP contribution in [-0.4, -0.2) is 48.7 Å². The number of carboxylic acids is 1. The molecule has 3 atom stereocenters. The van der Waals surface area contributed by atoms with Gasteiger partial charge in [-0.05, 0) is 38.9 Å². The van der Waals surface area contributed by atoms with Gasteiger partial charge in [0.2, 0.25) is 0 Å². The van der Waals surface area contributed by atoms with E-state index in [-0.39, 0.29) is 5.92 Å². The number of nitrogens with one attached hydrogen (secondary N) is 1. The van der Waals surface area contributed by atoms with Crippen LogP contribution in [0.5, 0.6) is 0 Å². The van der Waals surface area contributed by atoms with Gasteiger partial charge in [-0.2, -0.15) is 0 Å². The second kappa shape index (κ2) is 3.87. The van der Waals surface area contributed by atoms with Crippen molar-refractivity contribution < 1.29 is 9.90 Å². The summed E-state index contributed by atoms with van der Waals surface area (Å²) in [6.45, 7) is 3.14. The first kappa shape index (κ1) is 9.93. The SMILES string of the molecule is CN1CCC(NCC2CC2C(=O)O)C1. The third-order valence-corrected chi connectivity index (χ3v) is 3.30. The highest BCUT2D eigenvalue weighted by molar-refractivity contribution is 5.73. The van der Waals surface area contributed by atoms with E-state index in [0.717, 1.165) is 26.1 Å². The van der Waals surface area contributed by atoms with Crippen molar-refractivity contribution in [2.75, 3.05) is 26.7 Å². The van der Waals surface area contributed by atoms with E-state index in [1.54, 1.807) is 0 Å². The molecule has 1 aliphatic heterocycles. The molecule has 0 spiro atoms. The number of aliphatic carboxylic acids is 1. The number of hydrogen-bond donors (Lipinski definition) is 2. The third-order valence-electron chi connectivity index (χ3n) is 3.30. The average molecular weight is 198 g/mol. The number of likely N-dealkylation sites (N-methyl/N-ethyl adjacent to an activating group) is 1. The van der Waals surface area contributed by atoms with Gasteiger partial charge in [0, 0.05) is 12.6 Å². The molecule has 1 aliphatic carbocycles. The molecule has 4 heteroatoms. The van der Waals surface area contributed by atoms with Crippen LogP contribution in [-0.2, 0) is 4.79 Å². The lowest BCUT2D eigenvalue weighted by Gasteiger charge is -2.11. The van der Waals surface area contributed by atoms with E-state index in [4.69, 9.17) is 5.11 Å². The number of hydrogen-bond acceptors (Lipinski definition) is 3. The molecule has 2 fully saturated rings. The molecule has 0 amide bonds. The van der Waals surface area contributed by atoms with Crippen molar-refractivity contribution in [3.63, 3.8) is 0 Å². The monoisotopic (exact) mass is 198 g/mol. The van der Waals surface area contributed by atoms with Crippen molar-refractivity contribution in [2.45, 2.75) is 18.9 Å². The summed E-state index contributed by atoms with van der Waals surface area (Å²) in [4.78, 5) is 12.9. The Bertz CT molecular complexity index is 232. The predicted octanol–water partition coefficient (Wildman–Crippen LogP) is 0.000800. The smallest absolute Gasteiger partial charge is 0.306 e. The molecule has 3 unspecified atom stereocenters. The summed E-state index contributed by atoms with van der Waals surface area (Å²) in [5, 5.41) is 12.2. The summed E-state index contributed by atoms with van der Waals surface area (Å²) >= 11 is 0. The molecular weight excluding hydrogens is 180 g/mol. The van der Waals surface area contributed by atoms with Crippen molar-refractivity contribution in [2.24, 2.45) is 11.8 Å². The number of rotatable bonds is 4. The van der Waals surface area contributed by atoms with Crippen LogP contribution < -0.4 is 5.32 Å². The Morgan fingerprint density at radius 2 is 2.43 bits per heavy atom. The van der Waals surface area contributed by atoms with Crippen molar-refractivity contribution in [3.8, 4) is 0 Å². The lowest BCUT2D eigenvalue weighted by Crippen LogP contribution is -2.33. The van der Waals surface area contributed by atoms with Crippen LogP contribution in [0.1, 0.15) is 12.8 Å². The van der Waals surface area contributed by atoms with E-state index in [9.17, 15) is 4.79 Å². The summed E-state index contributed by atoms with van der Waals surface area (Å²) < 4.78 is 0. The lowest BCUT2D eigenvalue weighted by atomic mass is 10.2. The van der Waals surface area contributed by atoms with Gasteiger partial charge in [-0.25, -0.2) is 0 Å². The zero-order valence-electron chi connectivity index (χ0n) is 8.57. The molecule has 80 valence electrons. The molecule has 1 saturated carbocycles. The van der Waals surface area contributed by atoms with E-state index in [1.165, 1.54) is 6.42 Å². The molecular formula is C10H18N2O2. The van der Waals surface area contributed by atoms with Gasteiger partial charge < -0.3 is 15.3 Å². The van der Waals surface area contributed by atoms with E-state index in [0.29, 0.717) is 12.0 Å². The molecule has 1 saturated heterocycles. The first-order chi connectivity index (χ1) is 6.66. The largest absolute Gasteiger partial charge is 0.481 e. The Morgan fingerprint density at radius 1 is 1.64 bits per heavy atom. The molecule has 14 heavy (non-hydrogen) atoms. The van der Waals surface area contributed by atoms with Crippen LogP contribution in [0.2, 0.25) is 0 Å². The second-order valence-electron chi connectivity index (χ2n) is 4.60. The highest BCUT2D eigenvalue weighted by atomic mass is 16.4. The summed E-state index contributed by atoms with van der Waals surface area (Å²) in [5.41, 5.74) is 0. The first-order valence-corrected chi connectivity index (χ1v) is 5.31. The maximum absolute atomic E-state index is 10.6. The second-order valence-corrected chi connectivity index (χ2v) is 4.60. The van der Waals surface area contributed by atoms with E-state index < -0.39 is 5.97 Å². The zero-order chi connectivity index (χ0) is 10.1. The van der Waals surface area contributed by atoms with Crippen LogP contribution in [0.25, 0.3) is 0 Å². The topological polar surface area (TPSA) is 52.6 Å². The number of carbonyl (C=O) groups is 1. The van der Waals surface area contributed by atoms with Crippen molar-refractivity contribution in [1.82, 2.24) is 10.2 Å². The zero-order valence-corrected chi connectivity index (χ0v) is 8.57. The van der Waals surface area contributed by atoms with E-state index >= 15 is 0 Å². The van der Waals surface area contributed by atoms with Crippen molar-refractivity contribution in [1.29, 1.82) is 0 Å². The van der Waals surface area contributed by atoms with Crippen LogP contribution in [0, 0.1) is 11.8 Å². The fraction of sp³-hybridized carbons (Fsp3) is 0.900. The number of nitrogens with zero attached hydrogens (tertiary/aromatic N) is 1. The fourth-order valence-electron chi connectivity index (χ4n) is 2.20. The molecule has 0 aromatic carbocycles. The summed E-state index contributed by atoms with van der Waals surface area (Å²) in [5.74, 6) is -0.305. The predicted molar refractivity (Wildman–Crippen MR) is 53.1 cm³/mol. The summed E-state index contributed by atoms with van der Waals surface area (Å²) in [6.07, 6.45) is 2.06. The van der Waals surface area contributed by atoms with Gasteiger partial charge in [0.15, 0.2) is 0 Å². The van der Waals surface area contributed by atoms with E-state index in [1.807, 2.05) is 0 Å². The lowest BCUT2D eigenvalue weighted by molar-refractivity contribution is -0.138. The molecule has 2 rings (SSSR count). The molecule has 0 aromatic heterocycles. The van der Waals surface area contributed by atoms with Gasteiger partial charge in [-0.3, -0.25) is 4.79 Å². The van der Waals surface area contributed by atoms with Crippen molar-refractivity contribution in [3.05, 3.63) is 0 Å². The van der Waals surface area contributed by atoms with Crippen molar-refractivity contribution >= 4 is 5.97 Å². The minimum atomic E-state index is -0.625. The van der Waals surface area contributed by atoms with Gasteiger partial charge in [-0.1, -0.05) is 0 Å². The van der Waals surface area contributed by atoms with Crippen LogP contribution in [0.3, 0.4) is 0 Å². The van der Waals surface area contributed by atoms with Crippen LogP contribution in [0.15, 0.2) is 0 Å². The minimum Gasteiger partial charge on any atom is -0.481 e.